The molecule has 120 valence electrons. The lowest BCUT2D eigenvalue weighted by atomic mass is 10.0. The first-order valence-corrected chi connectivity index (χ1v) is 8.46. The van der Waals surface area contributed by atoms with Crippen LogP contribution in [0, 0.1) is 5.92 Å². The molecule has 0 radical (unpaired) electrons. The van der Waals surface area contributed by atoms with Gasteiger partial charge in [-0.25, -0.2) is 0 Å². The van der Waals surface area contributed by atoms with Gasteiger partial charge in [0.05, 0.1) is 0 Å². The fourth-order valence-corrected chi connectivity index (χ4v) is 1.82. The topological polar surface area (TPSA) is 32.3 Å². The third-order valence-electron chi connectivity index (χ3n) is 3.08. The number of piperidine rings is 1. The van der Waals surface area contributed by atoms with Crippen molar-refractivity contribution in [2.45, 2.75) is 86.0 Å². The lowest BCUT2D eigenvalue weighted by Gasteiger charge is -2.17. The van der Waals surface area contributed by atoms with Crippen molar-refractivity contribution in [3.8, 4) is 0 Å². The molecule has 0 aromatic rings. The highest BCUT2D eigenvalue weighted by molar-refractivity contribution is 4.62. The quantitative estimate of drug-likeness (QED) is 0.691. The number of unbranched alkanes of at least 4 members (excludes halogenated alkanes) is 5. The van der Waals surface area contributed by atoms with Gasteiger partial charge in [0.2, 0.25) is 0 Å². The van der Waals surface area contributed by atoms with Crippen LogP contribution in [0.2, 0.25) is 0 Å². The zero-order chi connectivity index (χ0) is 15.4. The van der Waals surface area contributed by atoms with Crippen molar-refractivity contribution >= 4 is 0 Å². The molecule has 1 rings (SSSR count). The van der Waals surface area contributed by atoms with E-state index in [2.05, 4.69) is 26.1 Å². The molecule has 1 fully saturated rings. The SMILES string of the molecule is CC.CC1CCNCC1.CCCCCCCC.CO. The summed E-state index contributed by atoms with van der Waals surface area (Å²) in [5.41, 5.74) is 0. The summed E-state index contributed by atoms with van der Waals surface area (Å²) in [7, 11) is 1.00. The van der Waals surface area contributed by atoms with Crippen LogP contribution in [-0.4, -0.2) is 25.3 Å². The number of rotatable bonds is 5. The van der Waals surface area contributed by atoms with Gasteiger partial charge in [0, 0.05) is 7.11 Å². The van der Waals surface area contributed by atoms with Gasteiger partial charge >= 0.3 is 0 Å². The average Bonchev–Trinajstić information content (AvgIpc) is 2.49. The van der Waals surface area contributed by atoms with E-state index in [0.717, 1.165) is 13.0 Å². The zero-order valence-electron chi connectivity index (χ0n) is 14.6. The molecule has 0 bridgehead atoms. The zero-order valence-corrected chi connectivity index (χ0v) is 14.6. The van der Waals surface area contributed by atoms with Crippen molar-refractivity contribution in [3.05, 3.63) is 0 Å². The Kier molecular flexibility index (Phi) is 33.4. The molecule has 0 atom stereocenters. The van der Waals surface area contributed by atoms with E-state index in [1.807, 2.05) is 13.8 Å². The Morgan fingerprint density at radius 2 is 1.21 bits per heavy atom. The molecule has 2 nitrogen and oxygen atoms in total. The van der Waals surface area contributed by atoms with Gasteiger partial charge in [-0.05, 0) is 31.8 Å². The third kappa shape index (κ3) is 27.2. The molecule has 19 heavy (non-hydrogen) atoms. The Balaban J connectivity index is -0.000000214. The highest BCUT2D eigenvalue weighted by atomic mass is 16.2. The highest BCUT2D eigenvalue weighted by Crippen LogP contribution is 2.08. The van der Waals surface area contributed by atoms with Crippen molar-refractivity contribution in [2.75, 3.05) is 20.2 Å². The van der Waals surface area contributed by atoms with Crippen LogP contribution in [0.15, 0.2) is 0 Å². The highest BCUT2D eigenvalue weighted by Gasteiger charge is 2.04. The maximum atomic E-state index is 7.00. The molecule has 0 aliphatic carbocycles. The van der Waals surface area contributed by atoms with Crippen molar-refractivity contribution in [2.24, 2.45) is 5.92 Å². The second kappa shape index (κ2) is 26.5. The molecule has 1 heterocycles. The summed E-state index contributed by atoms with van der Waals surface area (Å²) >= 11 is 0. The molecule has 0 amide bonds. The van der Waals surface area contributed by atoms with Gasteiger partial charge in [-0.2, -0.15) is 0 Å². The summed E-state index contributed by atoms with van der Waals surface area (Å²) in [6, 6.07) is 0. The molecule has 0 unspecified atom stereocenters. The Bertz CT molecular complexity index is 106. The lowest BCUT2D eigenvalue weighted by Crippen LogP contribution is -2.26. The normalized spacial score (nSPS) is 14.1. The fraction of sp³-hybridized carbons (Fsp3) is 1.00. The average molecular weight is 276 g/mol. The fourth-order valence-electron chi connectivity index (χ4n) is 1.82. The number of nitrogens with one attached hydrogen (secondary N) is 1. The first-order chi connectivity index (χ1) is 9.31. The monoisotopic (exact) mass is 275 g/mol. The molecule has 1 aliphatic heterocycles. The van der Waals surface area contributed by atoms with Gasteiger partial charge in [0.15, 0.2) is 0 Å². The van der Waals surface area contributed by atoms with Gasteiger partial charge in [-0.3, -0.25) is 0 Å². The summed E-state index contributed by atoms with van der Waals surface area (Å²) < 4.78 is 0. The molecule has 0 spiro atoms. The van der Waals surface area contributed by atoms with Crippen molar-refractivity contribution in [1.29, 1.82) is 0 Å². The summed E-state index contributed by atoms with van der Waals surface area (Å²) in [6.45, 7) is 13.3. The Labute approximate surface area is 123 Å². The van der Waals surface area contributed by atoms with Gasteiger partial charge < -0.3 is 10.4 Å². The minimum Gasteiger partial charge on any atom is -0.400 e. The second-order valence-corrected chi connectivity index (χ2v) is 4.85. The van der Waals surface area contributed by atoms with E-state index < -0.39 is 0 Å². The predicted molar refractivity (Wildman–Crippen MR) is 89.8 cm³/mol. The molecule has 0 aromatic heterocycles. The van der Waals surface area contributed by atoms with Gasteiger partial charge in [0.1, 0.15) is 0 Å². The second-order valence-electron chi connectivity index (χ2n) is 4.85. The van der Waals surface area contributed by atoms with Gasteiger partial charge in [-0.1, -0.05) is 73.1 Å². The van der Waals surface area contributed by atoms with Crippen LogP contribution in [-0.2, 0) is 0 Å². The van der Waals surface area contributed by atoms with Gasteiger partial charge in [-0.15, -0.1) is 0 Å². The smallest absolute Gasteiger partial charge is 0.0319 e. The first-order valence-electron chi connectivity index (χ1n) is 8.46. The Hall–Kier alpha value is -0.0800. The lowest BCUT2D eigenvalue weighted by molar-refractivity contribution is 0.399. The van der Waals surface area contributed by atoms with Crippen LogP contribution in [0.5, 0.6) is 0 Å². The van der Waals surface area contributed by atoms with Crippen molar-refractivity contribution in [1.82, 2.24) is 5.32 Å². The van der Waals surface area contributed by atoms with Crippen LogP contribution >= 0.6 is 0 Å². The Morgan fingerprint density at radius 3 is 1.42 bits per heavy atom. The molecular formula is C17H41NO. The van der Waals surface area contributed by atoms with Crippen LogP contribution in [0.3, 0.4) is 0 Å². The van der Waals surface area contributed by atoms with Crippen molar-refractivity contribution in [3.63, 3.8) is 0 Å². The number of aliphatic hydroxyl groups excluding tert-OH is 1. The van der Waals surface area contributed by atoms with E-state index in [0.29, 0.717) is 0 Å². The van der Waals surface area contributed by atoms with Gasteiger partial charge in [0.25, 0.3) is 0 Å². The maximum Gasteiger partial charge on any atom is 0.0319 e. The number of hydrogen-bond donors (Lipinski definition) is 2. The van der Waals surface area contributed by atoms with Crippen LogP contribution in [0.25, 0.3) is 0 Å². The van der Waals surface area contributed by atoms with E-state index in [9.17, 15) is 0 Å². The minimum atomic E-state index is 0.973. The largest absolute Gasteiger partial charge is 0.400 e. The van der Waals surface area contributed by atoms with Crippen LogP contribution in [0.1, 0.15) is 86.0 Å². The molecule has 2 N–H and O–H groups in total. The summed E-state index contributed by atoms with van der Waals surface area (Å²) in [5.74, 6) is 0.973. The maximum absolute atomic E-state index is 7.00. The number of aliphatic hydroxyl groups is 1. The Morgan fingerprint density at radius 1 is 0.842 bits per heavy atom. The molecule has 0 aromatic carbocycles. The molecule has 1 saturated heterocycles. The van der Waals surface area contributed by atoms with Crippen molar-refractivity contribution < 1.29 is 5.11 Å². The molecule has 0 saturated carbocycles. The van der Waals surface area contributed by atoms with E-state index in [1.54, 1.807) is 0 Å². The van der Waals surface area contributed by atoms with E-state index >= 15 is 0 Å². The molecular weight excluding hydrogens is 234 g/mol. The minimum absolute atomic E-state index is 0.973. The third-order valence-corrected chi connectivity index (χ3v) is 3.08. The molecule has 1 aliphatic rings. The predicted octanol–water partition coefficient (Wildman–Crippen LogP) is 5.01. The number of hydrogen-bond acceptors (Lipinski definition) is 2. The summed E-state index contributed by atoms with van der Waals surface area (Å²) in [4.78, 5) is 0. The van der Waals surface area contributed by atoms with E-state index in [-0.39, 0.29) is 0 Å². The summed E-state index contributed by atoms with van der Waals surface area (Å²) in [6.07, 6.45) is 11.2. The van der Waals surface area contributed by atoms with E-state index in [4.69, 9.17) is 5.11 Å². The van der Waals surface area contributed by atoms with Crippen LogP contribution in [0.4, 0.5) is 0 Å². The standard InChI is InChI=1S/C8H18.C6H13N.C2H6.CH4O/c1-3-5-7-8-6-4-2;1-6-2-4-7-5-3-6;2*1-2/h3-8H2,1-2H3;6-7H,2-5H2,1H3;1-2H3;2H,1H3. The molecule has 2 heteroatoms. The summed E-state index contributed by atoms with van der Waals surface area (Å²) in [5, 5.41) is 10.3. The first kappa shape index (κ1) is 24.0. The van der Waals surface area contributed by atoms with Crippen LogP contribution < -0.4 is 5.32 Å². The van der Waals surface area contributed by atoms with E-state index in [1.165, 1.54) is 64.5 Å².